The van der Waals surface area contributed by atoms with Crippen LogP contribution in [0.2, 0.25) is 0 Å². The molecule has 0 unspecified atom stereocenters. The smallest absolute Gasteiger partial charge is 0.0700 e. The molecule has 0 aliphatic carbocycles. The first kappa shape index (κ1) is 11.0. The van der Waals surface area contributed by atoms with Gasteiger partial charge in [-0.25, -0.2) is 0 Å². The fraction of sp³-hybridized carbons (Fsp3) is 1.00. The molecule has 0 aromatic carbocycles. The summed E-state index contributed by atoms with van der Waals surface area (Å²) in [5, 5.41) is 0. The van der Waals surface area contributed by atoms with Gasteiger partial charge in [0, 0.05) is 12.5 Å². The number of hydrogen-bond acceptors (Lipinski definition) is 3. The van der Waals surface area contributed by atoms with Crippen molar-refractivity contribution < 1.29 is 14.2 Å². The maximum absolute atomic E-state index is 5.41. The Hall–Kier alpha value is -0.120. The molecule has 0 atom stereocenters. The summed E-state index contributed by atoms with van der Waals surface area (Å²) < 4.78 is 15.8. The molecular formula is C10H20O3. The van der Waals surface area contributed by atoms with Crippen LogP contribution in [-0.2, 0) is 14.2 Å². The largest absolute Gasteiger partial charge is 0.381 e. The second-order valence-corrected chi connectivity index (χ2v) is 3.44. The van der Waals surface area contributed by atoms with Crippen LogP contribution >= 0.6 is 0 Å². The van der Waals surface area contributed by atoms with Gasteiger partial charge in [0.05, 0.1) is 33.0 Å². The third-order valence-corrected chi connectivity index (χ3v) is 2.07. The fourth-order valence-corrected chi connectivity index (χ4v) is 1.10. The Bertz CT molecular complexity index is 113. The van der Waals surface area contributed by atoms with Crippen LogP contribution in [0.5, 0.6) is 0 Å². The predicted molar refractivity (Wildman–Crippen MR) is 50.9 cm³/mol. The van der Waals surface area contributed by atoms with E-state index < -0.39 is 0 Å². The predicted octanol–water partition coefficient (Wildman–Crippen LogP) is 1.47. The zero-order chi connectivity index (χ0) is 9.36. The molecule has 0 saturated carbocycles. The van der Waals surface area contributed by atoms with Gasteiger partial charge < -0.3 is 14.2 Å². The molecule has 0 radical (unpaired) electrons. The van der Waals surface area contributed by atoms with Gasteiger partial charge >= 0.3 is 0 Å². The SMILES string of the molecule is CCCCOCCOCC1COC1. The Labute approximate surface area is 80.4 Å². The quantitative estimate of drug-likeness (QED) is 0.540. The van der Waals surface area contributed by atoms with Gasteiger partial charge in [-0.3, -0.25) is 0 Å². The highest BCUT2D eigenvalue weighted by atomic mass is 16.5. The summed E-state index contributed by atoms with van der Waals surface area (Å²) in [6.45, 7) is 7.06. The molecule has 3 heteroatoms. The van der Waals surface area contributed by atoms with Crippen LogP contribution in [0.3, 0.4) is 0 Å². The van der Waals surface area contributed by atoms with Crippen LogP contribution in [0.25, 0.3) is 0 Å². The lowest BCUT2D eigenvalue weighted by atomic mass is 10.1. The number of ether oxygens (including phenoxy) is 3. The van der Waals surface area contributed by atoms with Crippen LogP contribution in [-0.4, -0.2) is 39.6 Å². The lowest BCUT2D eigenvalue weighted by molar-refractivity contribution is -0.0774. The van der Waals surface area contributed by atoms with Gasteiger partial charge in [0.2, 0.25) is 0 Å². The van der Waals surface area contributed by atoms with Gasteiger partial charge in [0.15, 0.2) is 0 Å². The molecule has 1 heterocycles. The highest BCUT2D eigenvalue weighted by Crippen LogP contribution is 2.09. The maximum atomic E-state index is 5.41. The lowest BCUT2D eigenvalue weighted by Crippen LogP contribution is -2.31. The van der Waals surface area contributed by atoms with Crippen LogP contribution < -0.4 is 0 Å². The number of hydrogen-bond donors (Lipinski definition) is 0. The van der Waals surface area contributed by atoms with E-state index >= 15 is 0 Å². The number of rotatable bonds is 8. The van der Waals surface area contributed by atoms with Crippen molar-refractivity contribution in [3.05, 3.63) is 0 Å². The number of unbranched alkanes of at least 4 members (excludes halogenated alkanes) is 1. The fourth-order valence-electron chi connectivity index (χ4n) is 1.10. The first-order valence-electron chi connectivity index (χ1n) is 5.16. The zero-order valence-corrected chi connectivity index (χ0v) is 8.46. The molecule has 3 nitrogen and oxygen atoms in total. The summed E-state index contributed by atoms with van der Waals surface area (Å²) in [6, 6.07) is 0. The van der Waals surface area contributed by atoms with Crippen molar-refractivity contribution >= 4 is 0 Å². The second-order valence-electron chi connectivity index (χ2n) is 3.44. The highest BCUT2D eigenvalue weighted by Gasteiger charge is 2.17. The van der Waals surface area contributed by atoms with E-state index in [4.69, 9.17) is 14.2 Å². The second kappa shape index (κ2) is 7.30. The molecule has 0 amide bonds. The average molecular weight is 188 g/mol. The molecule has 1 fully saturated rings. The third kappa shape index (κ3) is 5.24. The van der Waals surface area contributed by atoms with Crippen LogP contribution in [0.4, 0.5) is 0 Å². The molecule has 1 aliphatic heterocycles. The highest BCUT2D eigenvalue weighted by molar-refractivity contribution is 4.63. The molecule has 13 heavy (non-hydrogen) atoms. The zero-order valence-electron chi connectivity index (χ0n) is 8.46. The third-order valence-electron chi connectivity index (χ3n) is 2.07. The summed E-state index contributed by atoms with van der Waals surface area (Å²) in [6.07, 6.45) is 2.34. The monoisotopic (exact) mass is 188 g/mol. The molecule has 1 rings (SSSR count). The molecule has 0 aromatic heterocycles. The standard InChI is InChI=1S/C10H20O3/c1-2-3-4-11-5-6-12-7-10-8-13-9-10/h10H,2-9H2,1H3. The Kier molecular flexibility index (Phi) is 6.15. The first-order valence-corrected chi connectivity index (χ1v) is 5.16. The van der Waals surface area contributed by atoms with Crippen LogP contribution in [0, 0.1) is 5.92 Å². The van der Waals surface area contributed by atoms with Crippen molar-refractivity contribution in [3.8, 4) is 0 Å². The molecule has 1 saturated heterocycles. The molecule has 0 spiro atoms. The van der Waals surface area contributed by atoms with Crippen molar-refractivity contribution in [2.45, 2.75) is 19.8 Å². The van der Waals surface area contributed by atoms with Crippen molar-refractivity contribution in [2.24, 2.45) is 5.92 Å². The van der Waals surface area contributed by atoms with Gasteiger partial charge in [0.25, 0.3) is 0 Å². The van der Waals surface area contributed by atoms with E-state index in [1.54, 1.807) is 0 Å². The minimum Gasteiger partial charge on any atom is -0.381 e. The summed E-state index contributed by atoms with van der Waals surface area (Å²) >= 11 is 0. The maximum Gasteiger partial charge on any atom is 0.0700 e. The summed E-state index contributed by atoms with van der Waals surface area (Å²) in [5.74, 6) is 0.635. The van der Waals surface area contributed by atoms with Gasteiger partial charge in [0.1, 0.15) is 0 Å². The molecule has 0 bridgehead atoms. The average Bonchev–Trinajstić information content (AvgIpc) is 2.07. The van der Waals surface area contributed by atoms with E-state index in [0.29, 0.717) is 5.92 Å². The Balaban J connectivity index is 1.68. The lowest BCUT2D eigenvalue weighted by Gasteiger charge is -2.25. The van der Waals surface area contributed by atoms with E-state index in [1.165, 1.54) is 6.42 Å². The minimum absolute atomic E-state index is 0.635. The molecule has 0 aromatic rings. The summed E-state index contributed by atoms with van der Waals surface area (Å²) in [5.41, 5.74) is 0. The van der Waals surface area contributed by atoms with E-state index in [1.807, 2.05) is 0 Å². The normalized spacial score (nSPS) is 17.3. The molecule has 0 N–H and O–H groups in total. The van der Waals surface area contributed by atoms with Crippen molar-refractivity contribution in [2.75, 3.05) is 39.6 Å². The van der Waals surface area contributed by atoms with E-state index in [2.05, 4.69) is 6.92 Å². The molecule has 1 aliphatic rings. The van der Waals surface area contributed by atoms with Gasteiger partial charge in [-0.1, -0.05) is 13.3 Å². The topological polar surface area (TPSA) is 27.7 Å². The van der Waals surface area contributed by atoms with Gasteiger partial charge in [-0.2, -0.15) is 0 Å². The summed E-state index contributed by atoms with van der Waals surface area (Å²) in [4.78, 5) is 0. The summed E-state index contributed by atoms with van der Waals surface area (Å²) in [7, 11) is 0. The van der Waals surface area contributed by atoms with Crippen molar-refractivity contribution in [3.63, 3.8) is 0 Å². The van der Waals surface area contributed by atoms with E-state index in [9.17, 15) is 0 Å². The Morgan fingerprint density at radius 1 is 1.15 bits per heavy atom. The van der Waals surface area contributed by atoms with Crippen LogP contribution in [0.1, 0.15) is 19.8 Å². The molecule has 78 valence electrons. The van der Waals surface area contributed by atoms with Crippen LogP contribution in [0.15, 0.2) is 0 Å². The minimum atomic E-state index is 0.635. The van der Waals surface area contributed by atoms with E-state index in [0.717, 1.165) is 46.1 Å². The van der Waals surface area contributed by atoms with E-state index in [-0.39, 0.29) is 0 Å². The first-order chi connectivity index (χ1) is 6.43. The van der Waals surface area contributed by atoms with Gasteiger partial charge in [-0.05, 0) is 6.42 Å². The van der Waals surface area contributed by atoms with Gasteiger partial charge in [-0.15, -0.1) is 0 Å². The Morgan fingerprint density at radius 3 is 2.54 bits per heavy atom. The Morgan fingerprint density at radius 2 is 1.92 bits per heavy atom. The molecular weight excluding hydrogens is 168 g/mol. The van der Waals surface area contributed by atoms with Crippen molar-refractivity contribution in [1.82, 2.24) is 0 Å². The van der Waals surface area contributed by atoms with Crippen molar-refractivity contribution in [1.29, 1.82) is 0 Å².